The minimum absolute atomic E-state index is 0.220. The highest BCUT2D eigenvalue weighted by molar-refractivity contribution is 5.62. The van der Waals surface area contributed by atoms with Crippen molar-refractivity contribution >= 4 is 0 Å². The van der Waals surface area contributed by atoms with Crippen LogP contribution in [0, 0.1) is 0 Å². The third kappa shape index (κ3) is 3.38. The molecule has 0 amide bonds. The second-order valence-electron chi connectivity index (χ2n) is 5.52. The number of benzene rings is 3. The van der Waals surface area contributed by atoms with Gasteiger partial charge in [0, 0.05) is 11.1 Å². The van der Waals surface area contributed by atoms with E-state index in [4.69, 9.17) is 9.15 Å². The maximum Gasteiger partial charge on any atom is 0.226 e. The van der Waals surface area contributed by atoms with Crippen LogP contribution in [-0.4, -0.2) is 10.1 Å². The average Bonchev–Trinajstić information content (AvgIpc) is 3.14. The first kappa shape index (κ1) is 15.0. The predicted octanol–water partition coefficient (Wildman–Crippen LogP) is 5.51. The summed E-state index contributed by atoms with van der Waals surface area (Å²) < 4.78 is 11.6. The van der Waals surface area contributed by atoms with Crippen molar-refractivity contribution < 1.29 is 14.3 Å². The minimum Gasteiger partial charge on any atom is -0.508 e. The zero-order valence-corrected chi connectivity index (χ0v) is 13.3. The summed E-state index contributed by atoms with van der Waals surface area (Å²) in [5, 5.41) is 9.36. The summed E-state index contributed by atoms with van der Waals surface area (Å²) in [6.07, 6.45) is 1.68. The molecule has 0 saturated heterocycles. The average molecular weight is 329 g/mol. The molecule has 122 valence electrons. The third-order valence-electron chi connectivity index (χ3n) is 3.74. The van der Waals surface area contributed by atoms with Gasteiger partial charge in [-0.25, -0.2) is 4.98 Å². The Labute approximate surface area is 145 Å². The molecule has 0 fully saturated rings. The lowest BCUT2D eigenvalue weighted by Crippen LogP contribution is -1.84. The maximum atomic E-state index is 9.36. The number of phenols is 1. The summed E-state index contributed by atoms with van der Waals surface area (Å²) in [7, 11) is 0. The number of ether oxygens (including phenoxy) is 1. The van der Waals surface area contributed by atoms with Gasteiger partial charge in [0.2, 0.25) is 5.89 Å². The molecular formula is C21H15NO3. The van der Waals surface area contributed by atoms with Gasteiger partial charge < -0.3 is 14.3 Å². The van der Waals surface area contributed by atoms with E-state index in [0.717, 1.165) is 22.6 Å². The lowest BCUT2D eigenvalue weighted by molar-refractivity contribution is 0.475. The van der Waals surface area contributed by atoms with Crippen LogP contribution >= 0.6 is 0 Å². The van der Waals surface area contributed by atoms with E-state index >= 15 is 0 Å². The molecule has 1 heterocycles. The summed E-state index contributed by atoms with van der Waals surface area (Å²) >= 11 is 0. The Morgan fingerprint density at radius 1 is 0.720 bits per heavy atom. The predicted molar refractivity (Wildman–Crippen MR) is 95.6 cm³/mol. The Morgan fingerprint density at radius 3 is 2.08 bits per heavy atom. The van der Waals surface area contributed by atoms with Crippen LogP contribution in [0.1, 0.15) is 0 Å². The van der Waals surface area contributed by atoms with Crippen LogP contribution in [0.4, 0.5) is 0 Å². The van der Waals surface area contributed by atoms with E-state index in [1.165, 1.54) is 0 Å². The quantitative estimate of drug-likeness (QED) is 0.536. The molecule has 1 N–H and O–H groups in total. The number of phenolic OH excluding ortho intramolecular Hbond substituents is 1. The molecule has 4 aromatic rings. The Balaban J connectivity index is 1.53. The van der Waals surface area contributed by atoms with E-state index < -0.39 is 0 Å². The summed E-state index contributed by atoms with van der Waals surface area (Å²) in [5.74, 6) is 2.95. The highest BCUT2D eigenvalue weighted by Gasteiger charge is 2.09. The Morgan fingerprint density at radius 2 is 1.36 bits per heavy atom. The SMILES string of the molecule is Oc1ccc(-c2cnc(-c3ccc(Oc4ccccc4)cc3)o2)cc1. The van der Waals surface area contributed by atoms with Crippen LogP contribution in [0.2, 0.25) is 0 Å². The summed E-state index contributed by atoms with van der Waals surface area (Å²) in [4.78, 5) is 4.33. The molecule has 0 saturated carbocycles. The van der Waals surface area contributed by atoms with Gasteiger partial charge in [0.05, 0.1) is 6.20 Å². The van der Waals surface area contributed by atoms with Gasteiger partial charge in [-0.2, -0.15) is 0 Å². The van der Waals surface area contributed by atoms with E-state index in [0.29, 0.717) is 11.7 Å². The Bertz CT molecular complexity index is 958. The lowest BCUT2D eigenvalue weighted by atomic mass is 10.2. The molecule has 0 aliphatic heterocycles. The number of hydrogen-bond donors (Lipinski definition) is 1. The van der Waals surface area contributed by atoms with Gasteiger partial charge in [-0.1, -0.05) is 18.2 Å². The summed E-state index contributed by atoms with van der Waals surface area (Å²) in [6.45, 7) is 0. The van der Waals surface area contributed by atoms with Crippen LogP contribution in [-0.2, 0) is 0 Å². The molecule has 0 radical (unpaired) electrons. The van der Waals surface area contributed by atoms with Gasteiger partial charge in [0.25, 0.3) is 0 Å². The molecule has 0 atom stereocenters. The van der Waals surface area contributed by atoms with Crippen LogP contribution in [0.5, 0.6) is 17.2 Å². The fourth-order valence-corrected chi connectivity index (χ4v) is 2.46. The highest BCUT2D eigenvalue weighted by atomic mass is 16.5. The third-order valence-corrected chi connectivity index (χ3v) is 3.74. The van der Waals surface area contributed by atoms with Gasteiger partial charge in [-0.05, 0) is 60.7 Å². The van der Waals surface area contributed by atoms with Crippen molar-refractivity contribution in [3.05, 3.63) is 85.1 Å². The largest absolute Gasteiger partial charge is 0.508 e. The topological polar surface area (TPSA) is 55.5 Å². The van der Waals surface area contributed by atoms with Gasteiger partial charge in [0.1, 0.15) is 17.2 Å². The number of hydrogen-bond acceptors (Lipinski definition) is 4. The van der Waals surface area contributed by atoms with Crippen LogP contribution in [0.3, 0.4) is 0 Å². The van der Waals surface area contributed by atoms with Crippen molar-refractivity contribution in [3.63, 3.8) is 0 Å². The fraction of sp³-hybridized carbons (Fsp3) is 0. The first-order valence-electron chi connectivity index (χ1n) is 7.86. The van der Waals surface area contributed by atoms with Crippen molar-refractivity contribution in [2.45, 2.75) is 0 Å². The molecule has 3 aromatic carbocycles. The molecule has 1 aromatic heterocycles. The molecule has 4 rings (SSSR count). The number of aromatic nitrogens is 1. The molecule has 0 bridgehead atoms. The fourth-order valence-electron chi connectivity index (χ4n) is 2.46. The molecule has 0 unspecified atom stereocenters. The Kier molecular flexibility index (Phi) is 3.92. The van der Waals surface area contributed by atoms with E-state index in [1.54, 1.807) is 30.5 Å². The van der Waals surface area contributed by atoms with Crippen LogP contribution in [0.15, 0.2) is 89.5 Å². The van der Waals surface area contributed by atoms with E-state index in [1.807, 2.05) is 54.6 Å². The van der Waals surface area contributed by atoms with E-state index in [2.05, 4.69) is 4.98 Å². The number of rotatable bonds is 4. The summed E-state index contributed by atoms with van der Waals surface area (Å²) in [5.41, 5.74) is 1.73. The highest BCUT2D eigenvalue weighted by Crippen LogP contribution is 2.29. The smallest absolute Gasteiger partial charge is 0.226 e. The monoisotopic (exact) mass is 329 g/mol. The van der Waals surface area contributed by atoms with Crippen molar-refractivity contribution in [1.29, 1.82) is 0 Å². The van der Waals surface area contributed by atoms with E-state index in [9.17, 15) is 5.11 Å². The minimum atomic E-state index is 0.220. The number of aromatic hydroxyl groups is 1. The number of para-hydroxylation sites is 1. The standard InChI is InChI=1S/C21H15NO3/c23-17-10-6-15(7-11-17)20-14-22-21(25-20)16-8-12-19(13-9-16)24-18-4-2-1-3-5-18/h1-14,23H. The number of nitrogens with zero attached hydrogens (tertiary/aromatic N) is 1. The van der Waals surface area contributed by atoms with Crippen molar-refractivity contribution in [3.8, 4) is 40.0 Å². The van der Waals surface area contributed by atoms with E-state index in [-0.39, 0.29) is 5.75 Å². The molecule has 0 aliphatic rings. The first-order chi connectivity index (χ1) is 12.3. The van der Waals surface area contributed by atoms with Crippen molar-refractivity contribution in [1.82, 2.24) is 4.98 Å². The van der Waals surface area contributed by atoms with Crippen LogP contribution < -0.4 is 4.74 Å². The van der Waals surface area contributed by atoms with Gasteiger partial charge in [-0.3, -0.25) is 0 Å². The van der Waals surface area contributed by atoms with Gasteiger partial charge in [0.15, 0.2) is 5.76 Å². The summed E-state index contributed by atoms with van der Waals surface area (Å²) in [6, 6.07) is 24.0. The normalized spacial score (nSPS) is 10.6. The molecule has 4 heteroatoms. The van der Waals surface area contributed by atoms with Crippen LogP contribution in [0.25, 0.3) is 22.8 Å². The molecule has 4 nitrogen and oxygen atoms in total. The molecule has 0 aliphatic carbocycles. The van der Waals surface area contributed by atoms with Gasteiger partial charge >= 0.3 is 0 Å². The number of oxazole rings is 1. The molecule has 0 spiro atoms. The maximum absolute atomic E-state index is 9.36. The lowest BCUT2D eigenvalue weighted by Gasteiger charge is -2.05. The zero-order valence-electron chi connectivity index (χ0n) is 13.3. The molecule has 25 heavy (non-hydrogen) atoms. The van der Waals surface area contributed by atoms with Crippen molar-refractivity contribution in [2.75, 3.05) is 0 Å². The molecular weight excluding hydrogens is 314 g/mol. The van der Waals surface area contributed by atoms with Crippen molar-refractivity contribution in [2.24, 2.45) is 0 Å². The first-order valence-corrected chi connectivity index (χ1v) is 7.86. The second kappa shape index (κ2) is 6.53. The van der Waals surface area contributed by atoms with Gasteiger partial charge in [-0.15, -0.1) is 0 Å². The second-order valence-corrected chi connectivity index (χ2v) is 5.52. The zero-order chi connectivity index (χ0) is 17.1. The Hall–Kier alpha value is -3.53.